The van der Waals surface area contributed by atoms with Crippen LogP contribution in [0.25, 0.3) is 21.5 Å². The molecule has 26 heavy (non-hydrogen) atoms. The zero-order chi connectivity index (χ0) is 18.8. The molecule has 0 aliphatic carbocycles. The van der Waals surface area contributed by atoms with Crippen LogP contribution in [0.3, 0.4) is 0 Å². The highest BCUT2D eigenvalue weighted by molar-refractivity contribution is 7.13. The summed E-state index contributed by atoms with van der Waals surface area (Å²) in [5.74, 6) is 0.0296. The molecule has 136 valence electrons. The number of nitrogens with zero attached hydrogens (tertiary/aromatic N) is 1. The molecule has 0 spiro atoms. The number of hydrogen-bond donors (Lipinski definition) is 0. The smallest absolute Gasteiger partial charge is 0.346 e. The van der Waals surface area contributed by atoms with E-state index < -0.39 is 12.1 Å². The molecule has 0 unspecified atom stereocenters. The van der Waals surface area contributed by atoms with Gasteiger partial charge in [-0.05, 0) is 31.9 Å². The van der Waals surface area contributed by atoms with Crippen molar-refractivity contribution in [1.82, 2.24) is 4.98 Å². The van der Waals surface area contributed by atoms with E-state index in [1.54, 1.807) is 19.1 Å². The van der Waals surface area contributed by atoms with Crippen LogP contribution in [0.4, 0.5) is 0 Å². The fourth-order valence-electron chi connectivity index (χ4n) is 2.62. The van der Waals surface area contributed by atoms with E-state index in [-0.39, 0.29) is 5.43 Å². The van der Waals surface area contributed by atoms with Gasteiger partial charge in [0, 0.05) is 17.1 Å². The van der Waals surface area contributed by atoms with Gasteiger partial charge >= 0.3 is 5.97 Å². The van der Waals surface area contributed by atoms with E-state index in [4.69, 9.17) is 9.15 Å². The topological polar surface area (TPSA) is 78.6 Å². The van der Waals surface area contributed by atoms with Gasteiger partial charge < -0.3 is 13.9 Å². The molecule has 0 amide bonds. The summed E-state index contributed by atoms with van der Waals surface area (Å²) in [6.07, 6.45) is 1.30. The standard InChI is InChI=1S/C19H19NO5S/c1-5-12-6-13-16(7-15(12)25-11(3)19(22)23-4)24-8-14(17(13)21)18-20-10(2)9-26-18/h6-9,11H,5H2,1-4H3/t11-/m1/s1. The molecule has 3 aromatic rings. The lowest BCUT2D eigenvalue weighted by atomic mass is 10.1. The van der Waals surface area contributed by atoms with Gasteiger partial charge in [0.2, 0.25) is 5.43 Å². The molecule has 0 bridgehead atoms. The van der Waals surface area contributed by atoms with Crippen molar-refractivity contribution in [2.75, 3.05) is 7.11 Å². The summed E-state index contributed by atoms with van der Waals surface area (Å²) in [6, 6.07) is 3.40. The molecule has 0 saturated carbocycles. The number of methoxy groups -OCH3 is 1. The molecular formula is C19H19NO5S. The molecule has 0 aliphatic rings. The fraction of sp³-hybridized carbons (Fsp3) is 0.316. The molecule has 2 aromatic heterocycles. The number of hydrogen-bond acceptors (Lipinski definition) is 7. The summed E-state index contributed by atoms with van der Waals surface area (Å²) in [7, 11) is 1.31. The number of benzene rings is 1. The van der Waals surface area contributed by atoms with Crippen molar-refractivity contribution >= 4 is 28.3 Å². The van der Waals surface area contributed by atoms with Gasteiger partial charge in [-0.25, -0.2) is 9.78 Å². The molecule has 6 nitrogen and oxygen atoms in total. The van der Waals surface area contributed by atoms with Crippen molar-refractivity contribution < 1.29 is 18.7 Å². The second kappa shape index (κ2) is 7.29. The van der Waals surface area contributed by atoms with E-state index >= 15 is 0 Å². The lowest BCUT2D eigenvalue weighted by Crippen LogP contribution is -2.25. The predicted molar refractivity (Wildman–Crippen MR) is 99.8 cm³/mol. The summed E-state index contributed by atoms with van der Waals surface area (Å²) < 4.78 is 16.1. The Morgan fingerprint density at radius 2 is 2.15 bits per heavy atom. The summed E-state index contributed by atoms with van der Waals surface area (Å²) in [6.45, 7) is 5.44. The zero-order valence-electron chi connectivity index (χ0n) is 15.0. The van der Waals surface area contributed by atoms with Gasteiger partial charge in [-0.2, -0.15) is 0 Å². The number of rotatable bonds is 5. The Hall–Kier alpha value is -2.67. The Morgan fingerprint density at radius 3 is 2.77 bits per heavy atom. The maximum absolute atomic E-state index is 12.9. The van der Waals surface area contributed by atoms with E-state index in [1.165, 1.54) is 24.7 Å². The summed E-state index contributed by atoms with van der Waals surface area (Å²) >= 11 is 1.41. The molecule has 1 atom stereocenters. The Balaban J connectivity index is 2.09. The van der Waals surface area contributed by atoms with Gasteiger partial charge in [0.1, 0.15) is 22.6 Å². The van der Waals surface area contributed by atoms with Crippen LogP contribution in [-0.2, 0) is 16.0 Å². The van der Waals surface area contributed by atoms with Crippen LogP contribution in [0.1, 0.15) is 25.1 Å². The maximum atomic E-state index is 12.9. The minimum absolute atomic E-state index is 0.136. The number of aromatic nitrogens is 1. The Bertz CT molecular complexity index is 1020. The van der Waals surface area contributed by atoms with Gasteiger partial charge in [0.05, 0.1) is 18.1 Å². The van der Waals surface area contributed by atoms with Crippen LogP contribution in [0.15, 0.2) is 33.0 Å². The van der Waals surface area contributed by atoms with Gasteiger partial charge in [-0.1, -0.05) is 6.92 Å². The molecule has 0 fully saturated rings. The number of carbonyl (C=O) groups is 1. The van der Waals surface area contributed by atoms with Crippen molar-refractivity contribution in [3.05, 3.63) is 45.3 Å². The minimum atomic E-state index is -0.757. The van der Waals surface area contributed by atoms with Gasteiger partial charge in [-0.15, -0.1) is 11.3 Å². The molecule has 3 rings (SSSR count). The highest BCUT2D eigenvalue weighted by Gasteiger charge is 2.19. The van der Waals surface area contributed by atoms with Crippen LogP contribution in [-0.4, -0.2) is 24.2 Å². The zero-order valence-corrected chi connectivity index (χ0v) is 15.8. The number of aryl methyl sites for hydroxylation is 2. The number of thiazole rings is 1. The number of carbonyl (C=O) groups excluding carboxylic acids is 1. The number of esters is 1. The van der Waals surface area contributed by atoms with E-state index in [9.17, 15) is 9.59 Å². The van der Waals surface area contributed by atoms with Crippen molar-refractivity contribution in [2.24, 2.45) is 0 Å². The van der Waals surface area contributed by atoms with Crippen molar-refractivity contribution in [3.63, 3.8) is 0 Å². The first-order valence-corrected chi connectivity index (χ1v) is 9.08. The first kappa shape index (κ1) is 18.1. The molecule has 0 aliphatic heterocycles. The average molecular weight is 373 g/mol. The molecule has 0 N–H and O–H groups in total. The Kier molecular flexibility index (Phi) is 5.08. The highest BCUT2D eigenvalue weighted by Crippen LogP contribution is 2.29. The predicted octanol–water partition coefficient (Wildman–Crippen LogP) is 3.73. The van der Waals surface area contributed by atoms with E-state index in [0.29, 0.717) is 33.7 Å². The molecule has 0 radical (unpaired) electrons. The summed E-state index contributed by atoms with van der Waals surface area (Å²) in [4.78, 5) is 28.9. The number of ether oxygens (including phenoxy) is 2. The molecule has 7 heteroatoms. The van der Waals surface area contributed by atoms with E-state index in [0.717, 1.165) is 11.3 Å². The minimum Gasteiger partial charge on any atom is -0.479 e. The van der Waals surface area contributed by atoms with Gasteiger partial charge in [-0.3, -0.25) is 4.79 Å². The monoisotopic (exact) mass is 373 g/mol. The highest BCUT2D eigenvalue weighted by atomic mass is 32.1. The third-order valence-electron chi connectivity index (χ3n) is 4.02. The van der Waals surface area contributed by atoms with Crippen LogP contribution < -0.4 is 10.2 Å². The Labute approximate surface area is 154 Å². The van der Waals surface area contributed by atoms with Crippen LogP contribution in [0.5, 0.6) is 5.75 Å². The Morgan fingerprint density at radius 1 is 1.38 bits per heavy atom. The molecular weight excluding hydrogens is 354 g/mol. The van der Waals surface area contributed by atoms with Crippen LogP contribution in [0.2, 0.25) is 0 Å². The first-order chi connectivity index (χ1) is 12.4. The number of fused-ring (bicyclic) bond motifs is 1. The first-order valence-electron chi connectivity index (χ1n) is 8.20. The van der Waals surface area contributed by atoms with Gasteiger partial charge in [0.25, 0.3) is 0 Å². The second-order valence-corrected chi connectivity index (χ2v) is 6.72. The molecule has 0 saturated heterocycles. The normalized spacial score (nSPS) is 12.2. The fourth-order valence-corrected chi connectivity index (χ4v) is 3.42. The van der Waals surface area contributed by atoms with Crippen molar-refractivity contribution in [1.29, 1.82) is 0 Å². The van der Waals surface area contributed by atoms with Gasteiger partial charge in [0.15, 0.2) is 6.10 Å². The van der Waals surface area contributed by atoms with Crippen LogP contribution >= 0.6 is 11.3 Å². The second-order valence-electron chi connectivity index (χ2n) is 5.87. The average Bonchev–Trinajstić information content (AvgIpc) is 3.06. The third-order valence-corrected chi connectivity index (χ3v) is 5.02. The quantitative estimate of drug-likeness (QED) is 0.634. The molecule has 1 aromatic carbocycles. The van der Waals surface area contributed by atoms with Crippen molar-refractivity contribution in [2.45, 2.75) is 33.3 Å². The van der Waals surface area contributed by atoms with Crippen LogP contribution in [0, 0.1) is 6.92 Å². The van der Waals surface area contributed by atoms with E-state index in [2.05, 4.69) is 9.72 Å². The summed E-state index contributed by atoms with van der Waals surface area (Å²) in [5, 5.41) is 2.99. The third kappa shape index (κ3) is 3.35. The van der Waals surface area contributed by atoms with Crippen molar-refractivity contribution in [3.8, 4) is 16.3 Å². The summed E-state index contributed by atoms with van der Waals surface area (Å²) in [5.41, 5.74) is 2.38. The SMILES string of the molecule is CCc1cc2c(=O)c(-c3nc(C)cs3)coc2cc1O[C@H](C)C(=O)OC. The lowest BCUT2D eigenvalue weighted by molar-refractivity contribution is -0.147. The molecule has 2 heterocycles. The van der Waals surface area contributed by atoms with E-state index in [1.807, 2.05) is 19.2 Å². The lowest BCUT2D eigenvalue weighted by Gasteiger charge is -2.15. The largest absolute Gasteiger partial charge is 0.479 e. The maximum Gasteiger partial charge on any atom is 0.346 e.